The molecular formula is C11H18N2. The lowest BCUT2D eigenvalue weighted by molar-refractivity contribution is 0.627. The molecule has 3 N–H and O–H groups in total. The molecule has 0 aromatic heterocycles. The zero-order valence-electron chi connectivity index (χ0n) is 8.59. The summed E-state index contributed by atoms with van der Waals surface area (Å²) >= 11 is 0. The van der Waals surface area contributed by atoms with Crippen LogP contribution in [0.5, 0.6) is 0 Å². The number of hydrogen-bond donors (Lipinski definition) is 2. The van der Waals surface area contributed by atoms with E-state index in [0.29, 0.717) is 5.70 Å². The van der Waals surface area contributed by atoms with Gasteiger partial charge in [-0.1, -0.05) is 26.0 Å². The monoisotopic (exact) mass is 178 g/mol. The fourth-order valence-corrected chi connectivity index (χ4v) is 0.587. The van der Waals surface area contributed by atoms with Gasteiger partial charge in [0.15, 0.2) is 0 Å². The molecule has 0 fully saturated rings. The molecule has 72 valence electrons. The Labute approximate surface area is 80.3 Å². The third-order valence-corrected chi connectivity index (χ3v) is 1.89. The van der Waals surface area contributed by atoms with Gasteiger partial charge in [-0.3, -0.25) is 0 Å². The van der Waals surface area contributed by atoms with E-state index in [1.807, 2.05) is 39.0 Å². The molecule has 0 saturated carbocycles. The molecule has 0 rings (SSSR count). The first-order valence-electron chi connectivity index (χ1n) is 4.22. The van der Waals surface area contributed by atoms with Gasteiger partial charge in [-0.25, -0.2) is 0 Å². The first-order valence-corrected chi connectivity index (χ1v) is 4.22. The van der Waals surface area contributed by atoms with Crippen molar-refractivity contribution < 1.29 is 0 Å². The molecule has 0 radical (unpaired) electrons. The van der Waals surface area contributed by atoms with Crippen LogP contribution in [0.1, 0.15) is 20.8 Å². The van der Waals surface area contributed by atoms with Crippen molar-refractivity contribution in [3.8, 4) is 0 Å². The van der Waals surface area contributed by atoms with E-state index in [1.165, 1.54) is 6.21 Å². The standard InChI is InChI=1S/C11H18N2/c1-5-11(3,4)7-6-10(13)9(2)8-12/h5-8,12H,1,13H2,2-4H3/b7-6-,10-9-,12-8?. The Balaban J connectivity index is 4.62. The van der Waals surface area contributed by atoms with Crippen molar-refractivity contribution in [2.24, 2.45) is 11.1 Å². The van der Waals surface area contributed by atoms with Crippen LogP contribution < -0.4 is 5.73 Å². The summed E-state index contributed by atoms with van der Waals surface area (Å²) in [5.74, 6) is 0. The minimum Gasteiger partial charge on any atom is -0.398 e. The van der Waals surface area contributed by atoms with Crippen LogP contribution in [0.2, 0.25) is 0 Å². The quantitative estimate of drug-likeness (QED) is 0.388. The highest BCUT2D eigenvalue weighted by Gasteiger charge is 2.06. The van der Waals surface area contributed by atoms with Gasteiger partial charge in [0.05, 0.1) is 0 Å². The Morgan fingerprint density at radius 1 is 1.46 bits per heavy atom. The normalized spacial score (nSPS) is 14.1. The van der Waals surface area contributed by atoms with Crippen LogP contribution in [0.3, 0.4) is 0 Å². The molecule has 0 atom stereocenters. The summed E-state index contributed by atoms with van der Waals surface area (Å²) in [6, 6.07) is 0. The number of hydrogen-bond acceptors (Lipinski definition) is 2. The third kappa shape index (κ3) is 4.31. The average Bonchev–Trinajstić information content (AvgIpc) is 2.13. The Morgan fingerprint density at radius 2 is 2.00 bits per heavy atom. The molecule has 0 bridgehead atoms. The summed E-state index contributed by atoms with van der Waals surface area (Å²) in [5, 5.41) is 7.00. The molecule has 0 spiro atoms. The summed E-state index contributed by atoms with van der Waals surface area (Å²) in [6.07, 6.45) is 6.90. The maximum Gasteiger partial charge on any atom is 0.0356 e. The maximum atomic E-state index is 7.00. The molecule has 13 heavy (non-hydrogen) atoms. The van der Waals surface area contributed by atoms with Gasteiger partial charge in [0.2, 0.25) is 0 Å². The Morgan fingerprint density at radius 3 is 2.38 bits per heavy atom. The van der Waals surface area contributed by atoms with Crippen LogP contribution in [-0.2, 0) is 0 Å². The second-order valence-electron chi connectivity index (χ2n) is 3.64. The molecule has 2 nitrogen and oxygen atoms in total. The second-order valence-corrected chi connectivity index (χ2v) is 3.64. The molecule has 0 aliphatic heterocycles. The predicted molar refractivity (Wildman–Crippen MR) is 58.8 cm³/mol. The van der Waals surface area contributed by atoms with E-state index < -0.39 is 0 Å². The molecule has 0 aromatic carbocycles. The Bertz CT molecular complexity index is 257. The molecule has 0 amide bonds. The van der Waals surface area contributed by atoms with E-state index in [0.717, 1.165) is 5.57 Å². The molecule has 0 unspecified atom stereocenters. The van der Waals surface area contributed by atoms with Crippen molar-refractivity contribution in [3.05, 3.63) is 36.1 Å². The highest BCUT2D eigenvalue weighted by Crippen LogP contribution is 2.18. The summed E-state index contributed by atoms with van der Waals surface area (Å²) < 4.78 is 0. The van der Waals surface area contributed by atoms with Crippen LogP contribution in [0.4, 0.5) is 0 Å². The Hall–Kier alpha value is -1.31. The highest BCUT2D eigenvalue weighted by atomic mass is 14.6. The predicted octanol–water partition coefficient (Wildman–Crippen LogP) is 2.64. The van der Waals surface area contributed by atoms with Crippen molar-refractivity contribution in [3.63, 3.8) is 0 Å². The minimum absolute atomic E-state index is 0.0487. The van der Waals surface area contributed by atoms with E-state index in [9.17, 15) is 0 Å². The van der Waals surface area contributed by atoms with Crippen LogP contribution >= 0.6 is 0 Å². The van der Waals surface area contributed by atoms with Gasteiger partial charge in [-0.05, 0) is 18.6 Å². The van der Waals surface area contributed by atoms with Crippen LogP contribution in [0.25, 0.3) is 0 Å². The summed E-state index contributed by atoms with van der Waals surface area (Å²) in [5.41, 5.74) is 7.05. The largest absolute Gasteiger partial charge is 0.398 e. The van der Waals surface area contributed by atoms with Gasteiger partial charge < -0.3 is 11.1 Å². The number of nitrogens with two attached hydrogens (primary N) is 1. The first kappa shape index (κ1) is 11.7. The molecule has 0 saturated heterocycles. The summed E-state index contributed by atoms with van der Waals surface area (Å²) in [7, 11) is 0. The van der Waals surface area contributed by atoms with Gasteiger partial charge in [-0.15, -0.1) is 6.58 Å². The fraction of sp³-hybridized carbons (Fsp3) is 0.364. The lowest BCUT2D eigenvalue weighted by Gasteiger charge is -2.13. The smallest absolute Gasteiger partial charge is 0.0356 e. The molecule has 0 aliphatic carbocycles. The van der Waals surface area contributed by atoms with Gasteiger partial charge in [0, 0.05) is 17.3 Å². The van der Waals surface area contributed by atoms with E-state index in [2.05, 4.69) is 6.58 Å². The molecule has 0 aliphatic rings. The highest BCUT2D eigenvalue weighted by molar-refractivity contribution is 5.76. The fourth-order valence-electron chi connectivity index (χ4n) is 0.587. The lowest BCUT2D eigenvalue weighted by atomic mass is 9.93. The van der Waals surface area contributed by atoms with Crippen molar-refractivity contribution in [2.75, 3.05) is 0 Å². The number of nitrogens with one attached hydrogen (secondary N) is 1. The summed E-state index contributed by atoms with van der Waals surface area (Å²) in [6.45, 7) is 9.63. The van der Waals surface area contributed by atoms with E-state index >= 15 is 0 Å². The zero-order valence-corrected chi connectivity index (χ0v) is 8.59. The molecule has 0 heterocycles. The van der Waals surface area contributed by atoms with Gasteiger partial charge in [0.25, 0.3) is 0 Å². The van der Waals surface area contributed by atoms with Crippen molar-refractivity contribution in [2.45, 2.75) is 20.8 Å². The molecule has 2 heteroatoms. The third-order valence-electron chi connectivity index (χ3n) is 1.89. The number of allylic oxidation sites excluding steroid dienone is 4. The molecular weight excluding hydrogens is 160 g/mol. The van der Waals surface area contributed by atoms with Crippen molar-refractivity contribution >= 4 is 6.21 Å². The SMILES string of the molecule is C=CC(C)(C)/C=C\C(N)=C(/C)C=N. The van der Waals surface area contributed by atoms with Crippen LogP contribution in [-0.4, -0.2) is 6.21 Å². The lowest BCUT2D eigenvalue weighted by Crippen LogP contribution is -2.04. The average molecular weight is 178 g/mol. The van der Waals surface area contributed by atoms with Gasteiger partial charge in [-0.2, -0.15) is 0 Å². The topological polar surface area (TPSA) is 49.9 Å². The zero-order chi connectivity index (χ0) is 10.5. The minimum atomic E-state index is -0.0487. The van der Waals surface area contributed by atoms with Crippen molar-refractivity contribution in [1.82, 2.24) is 0 Å². The van der Waals surface area contributed by atoms with Gasteiger partial charge >= 0.3 is 0 Å². The van der Waals surface area contributed by atoms with E-state index in [4.69, 9.17) is 11.1 Å². The first-order chi connectivity index (χ1) is 5.93. The second kappa shape index (κ2) is 4.65. The van der Waals surface area contributed by atoms with E-state index in [1.54, 1.807) is 0 Å². The van der Waals surface area contributed by atoms with Crippen LogP contribution in [0, 0.1) is 10.8 Å². The van der Waals surface area contributed by atoms with Gasteiger partial charge in [0.1, 0.15) is 0 Å². The van der Waals surface area contributed by atoms with Crippen LogP contribution in [0.15, 0.2) is 36.1 Å². The number of rotatable bonds is 4. The summed E-state index contributed by atoms with van der Waals surface area (Å²) in [4.78, 5) is 0. The Kier molecular flexibility index (Phi) is 4.18. The van der Waals surface area contributed by atoms with E-state index in [-0.39, 0.29) is 5.41 Å². The maximum absolute atomic E-state index is 7.00. The molecule has 0 aromatic rings. The van der Waals surface area contributed by atoms with Crippen molar-refractivity contribution in [1.29, 1.82) is 5.41 Å².